The van der Waals surface area contributed by atoms with E-state index in [0.717, 1.165) is 24.2 Å². The molecule has 1 amide bonds. The molecule has 0 saturated carbocycles. The number of fused-ring (bicyclic) bond motifs is 1. The van der Waals surface area contributed by atoms with Gasteiger partial charge in [0.1, 0.15) is 0 Å². The first-order valence-corrected chi connectivity index (χ1v) is 7.75. The first-order chi connectivity index (χ1) is 10.6. The van der Waals surface area contributed by atoms with Crippen LogP contribution in [0.15, 0.2) is 17.7 Å². The standard InChI is InChI=1S/C16H21N5O/c1-10-9-11(2)21-14(19-20-16(21)17-10)15(22)18-12(3)13-7-5-4-6-8-13/h7,9,12H,4-6,8H2,1-3H3,(H,18,22)/t12-/m0/s1. The van der Waals surface area contributed by atoms with E-state index in [4.69, 9.17) is 0 Å². The van der Waals surface area contributed by atoms with E-state index in [0.29, 0.717) is 11.6 Å². The lowest BCUT2D eigenvalue weighted by Crippen LogP contribution is -2.35. The summed E-state index contributed by atoms with van der Waals surface area (Å²) in [5, 5.41) is 11.0. The molecule has 3 rings (SSSR count). The number of amides is 1. The molecule has 6 nitrogen and oxygen atoms in total. The summed E-state index contributed by atoms with van der Waals surface area (Å²) in [5.41, 5.74) is 3.08. The van der Waals surface area contributed by atoms with Crippen LogP contribution in [-0.4, -0.2) is 31.5 Å². The summed E-state index contributed by atoms with van der Waals surface area (Å²) in [6, 6.07) is 1.94. The van der Waals surface area contributed by atoms with Gasteiger partial charge in [-0.25, -0.2) is 4.98 Å². The van der Waals surface area contributed by atoms with Crippen LogP contribution in [0.4, 0.5) is 0 Å². The van der Waals surface area contributed by atoms with Crippen LogP contribution in [-0.2, 0) is 0 Å². The third kappa shape index (κ3) is 2.73. The maximum Gasteiger partial charge on any atom is 0.290 e. The number of hydrogen-bond acceptors (Lipinski definition) is 4. The van der Waals surface area contributed by atoms with E-state index in [1.165, 1.54) is 18.4 Å². The average molecular weight is 299 g/mol. The summed E-state index contributed by atoms with van der Waals surface area (Å²) < 4.78 is 1.70. The number of hydrogen-bond donors (Lipinski definition) is 1. The van der Waals surface area contributed by atoms with Crippen molar-refractivity contribution in [3.05, 3.63) is 34.9 Å². The van der Waals surface area contributed by atoms with E-state index < -0.39 is 0 Å². The van der Waals surface area contributed by atoms with Gasteiger partial charge in [0.05, 0.1) is 0 Å². The molecule has 116 valence electrons. The molecule has 22 heavy (non-hydrogen) atoms. The van der Waals surface area contributed by atoms with Gasteiger partial charge in [-0.1, -0.05) is 11.6 Å². The third-order valence-corrected chi connectivity index (χ3v) is 4.13. The topological polar surface area (TPSA) is 72.2 Å². The SMILES string of the molecule is Cc1cc(C)n2c(C(=O)N[C@@H](C)C3=CCCCC3)nnc2n1. The molecule has 2 aromatic heterocycles. The first kappa shape index (κ1) is 14.7. The van der Waals surface area contributed by atoms with E-state index in [1.54, 1.807) is 4.40 Å². The molecule has 0 bridgehead atoms. The molecular formula is C16H21N5O. The molecule has 2 heterocycles. The molecular weight excluding hydrogens is 278 g/mol. The molecule has 0 saturated heterocycles. The fourth-order valence-corrected chi connectivity index (χ4v) is 2.99. The lowest BCUT2D eigenvalue weighted by molar-refractivity contribution is 0.0932. The second-order valence-corrected chi connectivity index (χ2v) is 5.92. The van der Waals surface area contributed by atoms with Crippen molar-refractivity contribution in [1.82, 2.24) is 24.9 Å². The minimum absolute atomic E-state index is 0.0267. The molecule has 1 aliphatic carbocycles. The highest BCUT2D eigenvalue weighted by molar-refractivity contribution is 5.91. The van der Waals surface area contributed by atoms with Crippen molar-refractivity contribution >= 4 is 11.7 Å². The normalized spacial score (nSPS) is 16.4. The van der Waals surface area contributed by atoms with Crippen LogP contribution < -0.4 is 5.32 Å². The Bertz CT molecular complexity index is 746. The van der Waals surface area contributed by atoms with Crippen LogP contribution in [0.3, 0.4) is 0 Å². The number of carbonyl (C=O) groups is 1. The second-order valence-electron chi connectivity index (χ2n) is 5.92. The number of carbonyl (C=O) groups excluding carboxylic acids is 1. The van der Waals surface area contributed by atoms with Gasteiger partial charge < -0.3 is 5.32 Å². The van der Waals surface area contributed by atoms with Crippen molar-refractivity contribution in [2.45, 2.75) is 52.5 Å². The molecule has 0 spiro atoms. The van der Waals surface area contributed by atoms with Crippen LogP contribution in [0.2, 0.25) is 0 Å². The van der Waals surface area contributed by atoms with Crippen LogP contribution in [0.5, 0.6) is 0 Å². The Hall–Kier alpha value is -2.24. The fraction of sp³-hybridized carbons (Fsp3) is 0.500. The fourth-order valence-electron chi connectivity index (χ4n) is 2.99. The van der Waals surface area contributed by atoms with Crippen molar-refractivity contribution in [3.63, 3.8) is 0 Å². The largest absolute Gasteiger partial charge is 0.343 e. The number of aryl methyl sites for hydroxylation is 2. The quantitative estimate of drug-likeness (QED) is 0.883. The summed E-state index contributed by atoms with van der Waals surface area (Å²) in [6.07, 6.45) is 6.84. The van der Waals surface area contributed by atoms with Crippen molar-refractivity contribution in [1.29, 1.82) is 0 Å². The Labute approximate surface area is 129 Å². The Balaban J connectivity index is 1.85. The average Bonchev–Trinajstić information content (AvgIpc) is 2.92. The lowest BCUT2D eigenvalue weighted by Gasteiger charge is -2.20. The maximum atomic E-state index is 12.5. The molecule has 2 aromatic rings. The Morgan fingerprint density at radius 3 is 2.86 bits per heavy atom. The summed E-state index contributed by atoms with van der Waals surface area (Å²) in [6.45, 7) is 5.85. The number of nitrogens with zero attached hydrogens (tertiary/aromatic N) is 4. The highest BCUT2D eigenvalue weighted by Crippen LogP contribution is 2.20. The third-order valence-electron chi connectivity index (χ3n) is 4.13. The van der Waals surface area contributed by atoms with Crippen molar-refractivity contribution in [3.8, 4) is 0 Å². The van der Waals surface area contributed by atoms with Gasteiger partial charge in [0.15, 0.2) is 0 Å². The molecule has 1 atom stereocenters. The molecule has 0 aliphatic heterocycles. The van der Waals surface area contributed by atoms with Gasteiger partial charge in [-0.2, -0.15) is 0 Å². The zero-order chi connectivity index (χ0) is 15.7. The molecule has 0 aromatic carbocycles. The molecule has 0 fully saturated rings. The van der Waals surface area contributed by atoms with E-state index in [1.807, 2.05) is 26.8 Å². The first-order valence-electron chi connectivity index (χ1n) is 7.75. The zero-order valence-corrected chi connectivity index (χ0v) is 13.3. The van der Waals surface area contributed by atoms with Crippen LogP contribution in [0.1, 0.15) is 54.6 Å². The molecule has 1 N–H and O–H groups in total. The van der Waals surface area contributed by atoms with Crippen molar-refractivity contribution in [2.24, 2.45) is 0 Å². The van der Waals surface area contributed by atoms with Gasteiger partial charge in [0, 0.05) is 17.4 Å². The molecule has 6 heteroatoms. The van der Waals surface area contributed by atoms with Crippen molar-refractivity contribution < 1.29 is 4.79 Å². The minimum Gasteiger partial charge on any atom is -0.343 e. The van der Waals surface area contributed by atoms with E-state index in [-0.39, 0.29) is 11.9 Å². The predicted molar refractivity (Wildman–Crippen MR) is 83.7 cm³/mol. The van der Waals surface area contributed by atoms with Crippen LogP contribution in [0.25, 0.3) is 5.78 Å². The monoisotopic (exact) mass is 299 g/mol. The zero-order valence-electron chi connectivity index (χ0n) is 13.3. The minimum atomic E-state index is -0.208. The Kier molecular flexibility index (Phi) is 3.92. The van der Waals surface area contributed by atoms with Gasteiger partial charge in [0.25, 0.3) is 11.7 Å². The molecule has 0 radical (unpaired) electrons. The number of allylic oxidation sites excluding steroid dienone is 1. The van der Waals surface area contributed by atoms with Crippen molar-refractivity contribution in [2.75, 3.05) is 0 Å². The number of nitrogens with one attached hydrogen (secondary N) is 1. The highest BCUT2D eigenvalue weighted by Gasteiger charge is 2.20. The van der Waals surface area contributed by atoms with Crippen LogP contribution >= 0.6 is 0 Å². The maximum absolute atomic E-state index is 12.5. The highest BCUT2D eigenvalue weighted by atomic mass is 16.2. The van der Waals surface area contributed by atoms with Gasteiger partial charge in [-0.3, -0.25) is 9.20 Å². The molecule has 1 aliphatic rings. The predicted octanol–water partition coefficient (Wildman–Crippen LogP) is 2.36. The second kappa shape index (κ2) is 5.87. The molecule has 0 unspecified atom stereocenters. The van der Waals surface area contributed by atoms with Crippen LogP contribution in [0, 0.1) is 13.8 Å². The van der Waals surface area contributed by atoms with Gasteiger partial charge in [-0.05, 0) is 52.5 Å². The van der Waals surface area contributed by atoms with Gasteiger partial charge >= 0.3 is 0 Å². The van der Waals surface area contributed by atoms with E-state index in [2.05, 4.69) is 26.6 Å². The number of rotatable bonds is 3. The van der Waals surface area contributed by atoms with Gasteiger partial charge in [-0.15, -0.1) is 10.2 Å². The van der Waals surface area contributed by atoms with E-state index >= 15 is 0 Å². The summed E-state index contributed by atoms with van der Waals surface area (Å²) in [7, 11) is 0. The Morgan fingerprint density at radius 1 is 1.32 bits per heavy atom. The smallest absolute Gasteiger partial charge is 0.290 e. The Morgan fingerprint density at radius 2 is 2.14 bits per heavy atom. The summed E-state index contributed by atoms with van der Waals surface area (Å²) >= 11 is 0. The van der Waals surface area contributed by atoms with Gasteiger partial charge in [0.2, 0.25) is 5.82 Å². The summed E-state index contributed by atoms with van der Waals surface area (Å²) in [4.78, 5) is 16.8. The van der Waals surface area contributed by atoms with E-state index in [9.17, 15) is 4.79 Å². The lowest BCUT2D eigenvalue weighted by atomic mass is 9.95. The summed E-state index contributed by atoms with van der Waals surface area (Å²) in [5.74, 6) is 0.552. The number of aromatic nitrogens is 4.